The van der Waals surface area contributed by atoms with Gasteiger partial charge >= 0.3 is 0 Å². The first-order chi connectivity index (χ1) is 12.2. The number of nitrogens with two attached hydrogens (primary N) is 2. The van der Waals surface area contributed by atoms with Crippen LogP contribution in [-0.2, 0) is 0 Å². The van der Waals surface area contributed by atoms with Crippen LogP contribution in [0.4, 0.5) is 5.82 Å². The van der Waals surface area contributed by atoms with Crippen molar-refractivity contribution >= 4 is 19.6 Å². The van der Waals surface area contributed by atoms with Crippen LogP contribution in [0, 0.1) is 19.8 Å². The molecular weight excluding hydrogens is 329 g/mol. The molecule has 0 spiro atoms. The molecule has 1 aliphatic rings. The summed E-state index contributed by atoms with van der Waals surface area (Å²) >= 11 is 0. The molecule has 1 saturated carbocycles. The molecule has 1 aromatic carbocycles. The lowest BCUT2D eigenvalue weighted by Crippen LogP contribution is -2.26. The number of rotatable bonds is 2. The summed E-state index contributed by atoms with van der Waals surface area (Å²) in [7, 11) is 4.50. The minimum atomic E-state index is -0.716. The number of carbonyl (C=O) groups is 1. The number of nitrogens with zero attached hydrogens (tertiary/aromatic N) is 1. The number of phenolic OH excluding ortho intramolecular Hbond substituents is 1. The van der Waals surface area contributed by atoms with Crippen molar-refractivity contribution in [3.8, 4) is 11.4 Å². The first-order valence-corrected chi connectivity index (χ1v) is 8.42. The van der Waals surface area contributed by atoms with E-state index in [9.17, 15) is 14.7 Å². The van der Waals surface area contributed by atoms with Crippen molar-refractivity contribution in [3.05, 3.63) is 51.3 Å². The quantitative estimate of drug-likeness (QED) is 0.719. The van der Waals surface area contributed by atoms with Crippen molar-refractivity contribution in [2.45, 2.75) is 40.4 Å². The van der Waals surface area contributed by atoms with E-state index in [-0.39, 0.29) is 17.1 Å². The Morgan fingerprint density at radius 1 is 1.19 bits per heavy atom. The predicted molar refractivity (Wildman–Crippen MR) is 106 cm³/mol. The third-order valence-corrected chi connectivity index (χ3v) is 4.09. The highest BCUT2D eigenvalue weighted by atomic mass is 16.3. The Morgan fingerprint density at radius 3 is 2.19 bits per heavy atom. The van der Waals surface area contributed by atoms with E-state index in [0.717, 1.165) is 11.5 Å². The lowest BCUT2D eigenvalue weighted by Gasteiger charge is -2.17. The molecule has 2 aromatic rings. The summed E-state index contributed by atoms with van der Waals surface area (Å²) < 4.78 is 1.18. The number of aromatic hydroxyl groups is 1. The maximum absolute atomic E-state index is 12.1. The van der Waals surface area contributed by atoms with Gasteiger partial charge in [-0.15, -0.1) is 0 Å². The van der Waals surface area contributed by atoms with Gasteiger partial charge in [0.15, 0.2) is 0 Å². The molecule has 0 bridgehead atoms. The minimum absolute atomic E-state index is 0.0400. The van der Waals surface area contributed by atoms with Gasteiger partial charge in [-0.3, -0.25) is 14.2 Å². The predicted octanol–water partition coefficient (Wildman–Crippen LogP) is 2.46. The first kappa shape index (κ1) is 21.3. The van der Waals surface area contributed by atoms with Crippen molar-refractivity contribution < 1.29 is 9.90 Å². The van der Waals surface area contributed by atoms with E-state index >= 15 is 0 Å². The Kier molecular flexibility index (Phi) is 7.49. The molecule has 0 saturated heterocycles. The summed E-state index contributed by atoms with van der Waals surface area (Å²) in [5.41, 5.74) is 12.5. The minimum Gasteiger partial charge on any atom is -0.508 e. The van der Waals surface area contributed by atoms with Crippen molar-refractivity contribution in [2.75, 3.05) is 5.73 Å². The van der Waals surface area contributed by atoms with Gasteiger partial charge in [0.2, 0.25) is 0 Å². The highest BCUT2D eigenvalue weighted by molar-refractivity contribution is 6.05. The monoisotopic (exact) mass is 355 g/mol. The van der Waals surface area contributed by atoms with Gasteiger partial charge in [0.1, 0.15) is 11.6 Å². The van der Waals surface area contributed by atoms with E-state index in [1.807, 2.05) is 0 Å². The van der Waals surface area contributed by atoms with E-state index in [2.05, 4.69) is 14.8 Å². The number of carbonyl (C=O) groups excluding carboxylic acids is 1. The number of benzene rings is 1. The second-order valence-electron chi connectivity index (χ2n) is 6.23. The number of anilines is 1. The van der Waals surface area contributed by atoms with Crippen LogP contribution in [0.25, 0.3) is 5.69 Å². The van der Waals surface area contributed by atoms with Crippen LogP contribution in [0.3, 0.4) is 0 Å². The highest BCUT2D eigenvalue weighted by Crippen LogP contribution is 2.28. The Balaban J connectivity index is 0.000000484. The van der Waals surface area contributed by atoms with E-state index in [4.69, 9.17) is 11.5 Å². The molecule has 0 aliphatic heterocycles. The fourth-order valence-electron chi connectivity index (χ4n) is 2.33. The van der Waals surface area contributed by atoms with Gasteiger partial charge in [0, 0.05) is 11.6 Å². The summed E-state index contributed by atoms with van der Waals surface area (Å²) in [6.07, 6.45) is 2.97. The lowest BCUT2D eigenvalue weighted by molar-refractivity contribution is 0.100. The van der Waals surface area contributed by atoms with Crippen LogP contribution in [0.5, 0.6) is 5.75 Å². The molecule has 26 heavy (non-hydrogen) atoms. The van der Waals surface area contributed by atoms with Crippen LogP contribution in [-0.4, -0.2) is 23.4 Å². The van der Waals surface area contributed by atoms with Gasteiger partial charge in [0.25, 0.3) is 11.5 Å². The lowest BCUT2D eigenvalue weighted by atomic mass is 10.1. The van der Waals surface area contributed by atoms with E-state index in [1.54, 1.807) is 19.9 Å². The summed E-state index contributed by atoms with van der Waals surface area (Å²) in [5, 5.41) is 9.80. The fraction of sp³-hybridized carbons (Fsp3) is 0.368. The summed E-state index contributed by atoms with van der Waals surface area (Å²) in [6.45, 7) is 7.23. The maximum atomic E-state index is 12.1. The Morgan fingerprint density at radius 2 is 1.73 bits per heavy atom. The molecule has 1 amide bonds. The number of aryl methyl sites for hydroxylation is 1. The van der Waals surface area contributed by atoms with E-state index in [1.165, 1.54) is 42.4 Å². The van der Waals surface area contributed by atoms with Crippen molar-refractivity contribution in [3.63, 3.8) is 0 Å². The zero-order chi connectivity index (χ0) is 20.0. The number of primary amides is 1. The standard InChI is InChI=1S/C14H15N3O3.C4H8.CH3B/c1-7-3-5-10(18)8(2)12(7)17-11(19)6-4-9(13(17)15)14(16)20;1-4-2-3-4;1-2/h3-6,18H,15H2,1-2H3,(H2,16,20);4H,2-3H2,1H3;1H3. The average Bonchev–Trinajstić information content (AvgIpc) is 3.38. The van der Waals surface area contributed by atoms with Crippen molar-refractivity contribution in [1.82, 2.24) is 4.57 Å². The van der Waals surface area contributed by atoms with Crippen LogP contribution in [0.2, 0.25) is 6.82 Å². The van der Waals surface area contributed by atoms with Gasteiger partial charge < -0.3 is 16.6 Å². The summed E-state index contributed by atoms with van der Waals surface area (Å²) in [5.74, 6) is 0.370. The molecule has 1 aromatic heterocycles. The topological polar surface area (TPSA) is 111 Å². The van der Waals surface area contributed by atoms with Crippen LogP contribution in [0.15, 0.2) is 29.1 Å². The number of nitrogen functional groups attached to an aromatic ring is 1. The molecule has 1 fully saturated rings. The molecular formula is C19H26BN3O3. The number of hydrogen-bond donors (Lipinski definition) is 3. The molecule has 1 heterocycles. The van der Waals surface area contributed by atoms with Crippen LogP contribution in [0.1, 0.15) is 41.3 Å². The molecule has 6 nitrogen and oxygen atoms in total. The Hall–Kier alpha value is -2.70. The van der Waals surface area contributed by atoms with Gasteiger partial charge in [-0.05, 0) is 37.5 Å². The summed E-state index contributed by atoms with van der Waals surface area (Å²) in [4.78, 5) is 23.4. The van der Waals surface area contributed by atoms with Gasteiger partial charge in [-0.1, -0.05) is 32.7 Å². The molecule has 0 unspecified atom stereocenters. The first-order valence-electron chi connectivity index (χ1n) is 8.42. The number of aromatic nitrogens is 1. The third-order valence-electron chi connectivity index (χ3n) is 4.09. The molecule has 2 radical (unpaired) electrons. The van der Waals surface area contributed by atoms with E-state index < -0.39 is 11.5 Å². The Bertz CT molecular complexity index is 843. The number of hydrogen-bond acceptors (Lipinski definition) is 4. The van der Waals surface area contributed by atoms with Crippen molar-refractivity contribution in [1.29, 1.82) is 0 Å². The van der Waals surface area contributed by atoms with Crippen LogP contribution >= 0.6 is 0 Å². The maximum Gasteiger partial charge on any atom is 0.256 e. The Labute approximate surface area is 155 Å². The molecule has 3 rings (SSSR count). The zero-order valence-electron chi connectivity index (χ0n) is 15.7. The zero-order valence-corrected chi connectivity index (χ0v) is 15.7. The number of amides is 1. The third kappa shape index (κ3) is 4.91. The van der Waals surface area contributed by atoms with Crippen LogP contribution < -0.4 is 17.0 Å². The molecule has 5 N–H and O–H groups in total. The fourth-order valence-corrected chi connectivity index (χ4v) is 2.33. The highest BCUT2D eigenvalue weighted by Gasteiger charge is 2.17. The molecule has 1 aliphatic carbocycles. The van der Waals surface area contributed by atoms with Gasteiger partial charge in [0.05, 0.1) is 19.1 Å². The number of phenols is 1. The molecule has 138 valence electrons. The average molecular weight is 355 g/mol. The smallest absolute Gasteiger partial charge is 0.256 e. The van der Waals surface area contributed by atoms with Crippen molar-refractivity contribution in [2.24, 2.45) is 11.7 Å². The largest absolute Gasteiger partial charge is 0.508 e. The number of pyridine rings is 1. The van der Waals surface area contributed by atoms with Gasteiger partial charge in [-0.2, -0.15) is 0 Å². The summed E-state index contributed by atoms with van der Waals surface area (Å²) in [6, 6.07) is 5.72. The SMILES string of the molecule is CC1CC1.Cc1ccc(O)c(C)c1-n1c(N)c(C(N)=O)ccc1=O.[B]C. The second kappa shape index (κ2) is 9.13. The second-order valence-corrected chi connectivity index (χ2v) is 6.23. The molecule has 0 atom stereocenters. The van der Waals surface area contributed by atoms with E-state index in [0.29, 0.717) is 11.3 Å². The normalized spacial score (nSPS) is 12.3. The molecule has 7 heteroatoms. The van der Waals surface area contributed by atoms with Gasteiger partial charge in [-0.25, -0.2) is 0 Å².